The minimum atomic E-state index is 0.202. The fraction of sp³-hybridized carbons (Fsp3) is 0.263. The number of hydrogen-bond acceptors (Lipinski definition) is 5. The lowest BCUT2D eigenvalue weighted by Crippen LogP contribution is -2.05. The van der Waals surface area contributed by atoms with Gasteiger partial charge in [0.2, 0.25) is 5.28 Å². The first-order valence-electron chi connectivity index (χ1n) is 8.76. The van der Waals surface area contributed by atoms with E-state index in [1.807, 2.05) is 29.9 Å². The maximum absolute atomic E-state index is 6.16. The van der Waals surface area contributed by atoms with Crippen molar-refractivity contribution in [2.75, 3.05) is 5.32 Å². The van der Waals surface area contributed by atoms with Gasteiger partial charge in [-0.2, -0.15) is 15.2 Å². The highest BCUT2D eigenvalue weighted by Gasteiger charge is 2.16. The molecule has 2 N–H and O–H groups in total. The van der Waals surface area contributed by atoms with Gasteiger partial charge in [0.1, 0.15) is 5.52 Å². The Bertz CT molecular complexity index is 1100. The average Bonchev–Trinajstić information content (AvgIpc) is 3.26. The second-order valence-corrected chi connectivity index (χ2v) is 7.02. The maximum atomic E-state index is 6.16. The van der Waals surface area contributed by atoms with E-state index >= 15 is 0 Å². The van der Waals surface area contributed by atoms with Crippen molar-refractivity contribution >= 4 is 28.5 Å². The standard InChI is InChI=1S/C19H20ClN7/c1-11(2)15-16-17(26-25-15)18(24-19(20)23-16)21-10-12-6-4-5-7-13(12)14-8-9-22-27(14)3/h4-9,11H,10H2,1-3H3,(H,25,26)(H,21,23,24). The lowest BCUT2D eigenvalue weighted by molar-refractivity contribution is 0.775. The highest BCUT2D eigenvalue weighted by Crippen LogP contribution is 2.28. The SMILES string of the molecule is CC(C)c1[nH]nc2c(NCc3ccccc3-c3ccnn3C)nc(Cl)nc12. The van der Waals surface area contributed by atoms with E-state index in [0.29, 0.717) is 17.9 Å². The number of anilines is 1. The van der Waals surface area contributed by atoms with Gasteiger partial charge in [0.15, 0.2) is 11.3 Å². The Balaban J connectivity index is 1.68. The van der Waals surface area contributed by atoms with Gasteiger partial charge in [0.25, 0.3) is 0 Å². The van der Waals surface area contributed by atoms with Crippen LogP contribution in [0.1, 0.15) is 31.0 Å². The molecule has 3 heterocycles. The van der Waals surface area contributed by atoms with Crippen LogP contribution in [0.2, 0.25) is 5.28 Å². The number of benzene rings is 1. The molecule has 1 aromatic carbocycles. The molecule has 0 amide bonds. The maximum Gasteiger partial charge on any atom is 0.225 e. The zero-order valence-corrected chi connectivity index (χ0v) is 16.1. The molecule has 0 aliphatic carbocycles. The van der Waals surface area contributed by atoms with E-state index in [2.05, 4.69) is 56.6 Å². The van der Waals surface area contributed by atoms with E-state index in [0.717, 1.165) is 28.0 Å². The third-order valence-electron chi connectivity index (χ3n) is 4.54. The Hall–Kier alpha value is -2.93. The number of aromatic nitrogens is 6. The first kappa shape index (κ1) is 17.5. The topological polar surface area (TPSA) is 84.3 Å². The van der Waals surface area contributed by atoms with Crippen molar-refractivity contribution in [3.05, 3.63) is 53.1 Å². The molecule has 0 radical (unpaired) electrons. The number of fused-ring (bicyclic) bond motifs is 1. The molecular formula is C19H20ClN7. The highest BCUT2D eigenvalue weighted by atomic mass is 35.5. The van der Waals surface area contributed by atoms with Crippen LogP contribution in [0, 0.1) is 0 Å². The van der Waals surface area contributed by atoms with Gasteiger partial charge in [-0.15, -0.1) is 0 Å². The molecule has 7 nitrogen and oxygen atoms in total. The summed E-state index contributed by atoms with van der Waals surface area (Å²) in [6.45, 7) is 4.74. The highest BCUT2D eigenvalue weighted by molar-refractivity contribution is 6.28. The summed E-state index contributed by atoms with van der Waals surface area (Å²) in [5.74, 6) is 0.882. The minimum Gasteiger partial charge on any atom is -0.364 e. The van der Waals surface area contributed by atoms with Gasteiger partial charge >= 0.3 is 0 Å². The zero-order chi connectivity index (χ0) is 19.0. The van der Waals surface area contributed by atoms with Crippen LogP contribution < -0.4 is 5.32 Å². The number of H-pyrrole nitrogens is 1. The summed E-state index contributed by atoms with van der Waals surface area (Å²) in [5, 5.41) is 15.3. The van der Waals surface area contributed by atoms with Crippen LogP contribution >= 0.6 is 11.6 Å². The molecular weight excluding hydrogens is 362 g/mol. The van der Waals surface area contributed by atoms with Crippen molar-refractivity contribution in [2.24, 2.45) is 7.05 Å². The van der Waals surface area contributed by atoms with Crippen LogP contribution in [-0.4, -0.2) is 29.9 Å². The van der Waals surface area contributed by atoms with Crippen LogP contribution in [0.15, 0.2) is 36.5 Å². The zero-order valence-electron chi connectivity index (χ0n) is 15.4. The van der Waals surface area contributed by atoms with Gasteiger partial charge in [-0.1, -0.05) is 38.1 Å². The molecule has 0 saturated carbocycles. The fourth-order valence-electron chi connectivity index (χ4n) is 3.16. The molecule has 0 spiro atoms. The van der Waals surface area contributed by atoms with Crippen LogP contribution in [0.25, 0.3) is 22.3 Å². The third kappa shape index (κ3) is 3.26. The van der Waals surface area contributed by atoms with Crippen molar-refractivity contribution in [1.29, 1.82) is 0 Å². The van der Waals surface area contributed by atoms with Crippen LogP contribution in [-0.2, 0) is 13.6 Å². The van der Waals surface area contributed by atoms with Crippen LogP contribution in [0.5, 0.6) is 0 Å². The molecule has 0 aliphatic heterocycles. The van der Waals surface area contributed by atoms with E-state index in [9.17, 15) is 0 Å². The van der Waals surface area contributed by atoms with Gasteiger partial charge in [-0.05, 0) is 29.1 Å². The molecule has 0 bridgehead atoms. The Kier molecular flexibility index (Phi) is 4.53. The quantitative estimate of drug-likeness (QED) is 0.507. The fourth-order valence-corrected chi connectivity index (χ4v) is 3.33. The summed E-state index contributed by atoms with van der Waals surface area (Å²) in [6.07, 6.45) is 1.80. The van der Waals surface area contributed by atoms with Gasteiger partial charge in [0, 0.05) is 25.4 Å². The summed E-state index contributed by atoms with van der Waals surface area (Å²) >= 11 is 6.16. The Morgan fingerprint density at radius 3 is 2.70 bits per heavy atom. The molecule has 0 aliphatic rings. The normalized spacial score (nSPS) is 11.4. The molecule has 27 heavy (non-hydrogen) atoms. The Morgan fingerprint density at radius 2 is 1.96 bits per heavy atom. The summed E-state index contributed by atoms with van der Waals surface area (Å²) < 4.78 is 1.86. The van der Waals surface area contributed by atoms with Crippen molar-refractivity contribution in [3.8, 4) is 11.3 Å². The summed E-state index contributed by atoms with van der Waals surface area (Å²) in [5.41, 5.74) is 5.70. The number of halogens is 1. The molecule has 4 aromatic rings. The summed E-state index contributed by atoms with van der Waals surface area (Å²) in [6, 6.07) is 10.2. The molecule has 0 unspecified atom stereocenters. The van der Waals surface area contributed by atoms with Crippen LogP contribution in [0.4, 0.5) is 5.82 Å². The number of rotatable bonds is 5. The second kappa shape index (κ2) is 7.00. The minimum absolute atomic E-state index is 0.202. The van der Waals surface area contributed by atoms with Gasteiger partial charge in [-0.3, -0.25) is 9.78 Å². The largest absolute Gasteiger partial charge is 0.364 e. The van der Waals surface area contributed by atoms with Crippen molar-refractivity contribution < 1.29 is 0 Å². The lowest BCUT2D eigenvalue weighted by Gasteiger charge is -2.12. The summed E-state index contributed by atoms with van der Waals surface area (Å²) in [7, 11) is 1.93. The smallest absolute Gasteiger partial charge is 0.225 e. The van der Waals surface area contributed by atoms with Gasteiger partial charge in [0.05, 0.1) is 11.4 Å². The Morgan fingerprint density at radius 1 is 1.15 bits per heavy atom. The van der Waals surface area contributed by atoms with Gasteiger partial charge < -0.3 is 5.32 Å². The van der Waals surface area contributed by atoms with Crippen molar-refractivity contribution in [3.63, 3.8) is 0 Å². The predicted molar refractivity (Wildman–Crippen MR) is 107 cm³/mol. The predicted octanol–water partition coefficient (Wildman–Crippen LogP) is 4.14. The molecule has 4 rings (SSSR count). The van der Waals surface area contributed by atoms with Crippen molar-refractivity contribution in [2.45, 2.75) is 26.3 Å². The van der Waals surface area contributed by atoms with E-state index in [-0.39, 0.29) is 11.2 Å². The van der Waals surface area contributed by atoms with E-state index in [1.54, 1.807) is 6.20 Å². The Labute approximate surface area is 161 Å². The molecule has 0 fully saturated rings. The van der Waals surface area contributed by atoms with E-state index < -0.39 is 0 Å². The lowest BCUT2D eigenvalue weighted by atomic mass is 10.0. The molecule has 0 atom stereocenters. The third-order valence-corrected chi connectivity index (χ3v) is 4.71. The molecule has 3 aromatic heterocycles. The number of aryl methyl sites for hydroxylation is 1. The van der Waals surface area contributed by atoms with E-state index in [1.165, 1.54) is 0 Å². The average molecular weight is 382 g/mol. The molecule has 0 saturated heterocycles. The first-order chi connectivity index (χ1) is 13.0. The van der Waals surface area contributed by atoms with Gasteiger partial charge in [-0.25, -0.2) is 4.98 Å². The number of nitrogens with zero attached hydrogens (tertiary/aromatic N) is 5. The number of aromatic amines is 1. The monoisotopic (exact) mass is 381 g/mol. The number of nitrogens with one attached hydrogen (secondary N) is 2. The molecule has 138 valence electrons. The van der Waals surface area contributed by atoms with Crippen LogP contribution in [0.3, 0.4) is 0 Å². The van der Waals surface area contributed by atoms with E-state index in [4.69, 9.17) is 11.6 Å². The summed E-state index contributed by atoms with van der Waals surface area (Å²) in [4.78, 5) is 8.69. The molecule has 8 heteroatoms. The first-order valence-corrected chi connectivity index (χ1v) is 9.14. The van der Waals surface area contributed by atoms with Crippen molar-refractivity contribution in [1.82, 2.24) is 29.9 Å². The number of hydrogen-bond donors (Lipinski definition) is 2. The second-order valence-electron chi connectivity index (χ2n) is 6.68.